The number of hydrogen-bond donors (Lipinski definition) is 2. The second-order valence-electron chi connectivity index (χ2n) is 5.31. The van der Waals surface area contributed by atoms with Crippen molar-refractivity contribution in [1.29, 1.82) is 0 Å². The van der Waals surface area contributed by atoms with Gasteiger partial charge in [0, 0.05) is 5.41 Å². The molecule has 0 radical (unpaired) electrons. The van der Waals surface area contributed by atoms with E-state index < -0.39 is 5.82 Å². The number of nitrogens with two attached hydrogens (primary N) is 1. The van der Waals surface area contributed by atoms with Crippen molar-refractivity contribution >= 4 is 17.3 Å². The summed E-state index contributed by atoms with van der Waals surface area (Å²) >= 11 is 0. The van der Waals surface area contributed by atoms with Crippen molar-refractivity contribution < 1.29 is 9.18 Å². The molecule has 3 N–H and O–H groups in total. The van der Waals surface area contributed by atoms with E-state index in [2.05, 4.69) is 5.32 Å². The maximum atomic E-state index is 13.1. The van der Waals surface area contributed by atoms with Gasteiger partial charge in [0.15, 0.2) is 0 Å². The molecule has 0 heterocycles. The molecular formula is C14H19FN2O. The van der Waals surface area contributed by atoms with Gasteiger partial charge in [-0.2, -0.15) is 0 Å². The van der Waals surface area contributed by atoms with Crippen LogP contribution in [0.2, 0.25) is 0 Å². The van der Waals surface area contributed by atoms with Crippen LogP contribution in [0.4, 0.5) is 15.8 Å². The molecule has 2 rings (SSSR count). The molecule has 0 atom stereocenters. The Bertz CT molecular complexity index is 453. The molecule has 0 unspecified atom stereocenters. The first kappa shape index (κ1) is 12.9. The van der Waals surface area contributed by atoms with Gasteiger partial charge in [-0.25, -0.2) is 4.39 Å². The fourth-order valence-corrected chi connectivity index (χ4v) is 2.47. The standard InChI is InChI=1S/C14H19FN2O/c1-14(7-3-2-4-8-14)13(18)17-12-9-10(15)5-6-11(12)16/h5-6,9H,2-4,7-8,16H2,1H3,(H,17,18). The third-order valence-corrected chi connectivity index (χ3v) is 3.77. The van der Waals surface area contributed by atoms with E-state index in [-0.39, 0.29) is 11.3 Å². The molecule has 1 aromatic rings. The van der Waals surface area contributed by atoms with Gasteiger partial charge in [0.05, 0.1) is 11.4 Å². The molecule has 0 spiro atoms. The molecule has 1 amide bonds. The van der Waals surface area contributed by atoms with Gasteiger partial charge in [-0.05, 0) is 31.0 Å². The van der Waals surface area contributed by atoms with E-state index in [1.807, 2.05) is 6.92 Å². The molecule has 1 aliphatic carbocycles. The lowest BCUT2D eigenvalue weighted by molar-refractivity contribution is -0.126. The Morgan fingerprint density at radius 2 is 2.00 bits per heavy atom. The number of hydrogen-bond acceptors (Lipinski definition) is 2. The maximum Gasteiger partial charge on any atom is 0.230 e. The highest BCUT2D eigenvalue weighted by molar-refractivity contribution is 5.97. The molecule has 4 heteroatoms. The maximum absolute atomic E-state index is 13.1. The number of nitrogens with one attached hydrogen (secondary N) is 1. The first-order valence-corrected chi connectivity index (χ1v) is 6.38. The Morgan fingerprint density at radius 3 is 2.67 bits per heavy atom. The van der Waals surface area contributed by atoms with Crippen LogP contribution >= 0.6 is 0 Å². The number of carbonyl (C=O) groups is 1. The highest BCUT2D eigenvalue weighted by Gasteiger charge is 2.34. The van der Waals surface area contributed by atoms with Crippen LogP contribution in [0, 0.1) is 11.2 Å². The summed E-state index contributed by atoms with van der Waals surface area (Å²) in [5.41, 5.74) is 6.14. The van der Waals surface area contributed by atoms with Crippen LogP contribution < -0.4 is 11.1 Å². The molecule has 0 saturated heterocycles. The SMILES string of the molecule is CC1(C(=O)Nc2cc(F)ccc2N)CCCCC1. The highest BCUT2D eigenvalue weighted by Crippen LogP contribution is 2.37. The molecule has 3 nitrogen and oxygen atoms in total. The Labute approximate surface area is 107 Å². The fraction of sp³-hybridized carbons (Fsp3) is 0.500. The number of benzene rings is 1. The Morgan fingerprint density at radius 1 is 1.33 bits per heavy atom. The minimum Gasteiger partial charge on any atom is -0.397 e. The number of carbonyl (C=O) groups excluding carboxylic acids is 1. The summed E-state index contributed by atoms with van der Waals surface area (Å²) in [5.74, 6) is -0.451. The minimum atomic E-state index is -0.395. The third-order valence-electron chi connectivity index (χ3n) is 3.77. The monoisotopic (exact) mass is 250 g/mol. The molecule has 1 aliphatic rings. The zero-order valence-electron chi connectivity index (χ0n) is 10.6. The number of anilines is 2. The van der Waals surface area contributed by atoms with E-state index in [0.29, 0.717) is 11.4 Å². The predicted octanol–water partition coefficient (Wildman–Crippen LogP) is 3.32. The lowest BCUT2D eigenvalue weighted by Gasteiger charge is -2.32. The van der Waals surface area contributed by atoms with E-state index in [1.54, 1.807) is 0 Å². The van der Waals surface area contributed by atoms with Gasteiger partial charge in [0.25, 0.3) is 0 Å². The Balaban J connectivity index is 2.13. The van der Waals surface area contributed by atoms with Crippen LogP contribution in [0.5, 0.6) is 0 Å². The molecule has 18 heavy (non-hydrogen) atoms. The average molecular weight is 250 g/mol. The first-order chi connectivity index (χ1) is 8.51. The first-order valence-electron chi connectivity index (χ1n) is 6.38. The van der Waals surface area contributed by atoms with Gasteiger partial charge in [0.1, 0.15) is 5.82 Å². The van der Waals surface area contributed by atoms with Crippen molar-refractivity contribution in [2.24, 2.45) is 5.41 Å². The van der Waals surface area contributed by atoms with Gasteiger partial charge < -0.3 is 11.1 Å². The zero-order chi connectivity index (χ0) is 13.2. The van der Waals surface area contributed by atoms with E-state index >= 15 is 0 Å². The normalized spacial score (nSPS) is 18.3. The zero-order valence-corrected chi connectivity index (χ0v) is 10.6. The lowest BCUT2D eigenvalue weighted by Crippen LogP contribution is -2.35. The predicted molar refractivity (Wildman–Crippen MR) is 70.6 cm³/mol. The van der Waals surface area contributed by atoms with E-state index in [1.165, 1.54) is 24.6 Å². The summed E-state index contributed by atoms with van der Waals surface area (Å²) in [5, 5.41) is 2.76. The number of rotatable bonds is 2. The summed E-state index contributed by atoms with van der Waals surface area (Å²) in [6.07, 6.45) is 5.10. The number of nitrogen functional groups attached to an aromatic ring is 1. The van der Waals surface area contributed by atoms with Gasteiger partial charge in [0.2, 0.25) is 5.91 Å². The Hall–Kier alpha value is -1.58. The van der Waals surface area contributed by atoms with Crippen LogP contribution in [0.25, 0.3) is 0 Å². The quantitative estimate of drug-likeness (QED) is 0.791. The number of halogens is 1. The molecule has 0 aromatic heterocycles. The summed E-state index contributed by atoms with van der Waals surface area (Å²) < 4.78 is 13.1. The van der Waals surface area contributed by atoms with Crippen molar-refractivity contribution in [2.75, 3.05) is 11.1 Å². The molecule has 0 aliphatic heterocycles. The molecule has 1 fully saturated rings. The van der Waals surface area contributed by atoms with Crippen molar-refractivity contribution in [2.45, 2.75) is 39.0 Å². The van der Waals surface area contributed by atoms with Crippen molar-refractivity contribution in [3.63, 3.8) is 0 Å². The Kier molecular flexibility index (Phi) is 3.55. The van der Waals surface area contributed by atoms with Crippen molar-refractivity contribution in [3.8, 4) is 0 Å². The second-order valence-corrected chi connectivity index (χ2v) is 5.31. The van der Waals surface area contributed by atoms with E-state index in [9.17, 15) is 9.18 Å². The number of amides is 1. The molecule has 1 aromatic carbocycles. The van der Waals surface area contributed by atoms with Crippen LogP contribution in [0.15, 0.2) is 18.2 Å². The molecule has 98 valence electrons. The largest absolute Gasteiger partial charge is 0.397 e. The van der Waals surface area contributed by atoms with Crippen molar-refractivity contribution in [1.82, 2.24) is 0 Å². The highest BCUT2D eigenvalue weighted by atomic mass is 19.1. The van der Waals surface area contributed by atoms with Gasteiger partial charge >= 0.3 is 0 Å². The lowest BCUT2D eigenvalue weighted by atomic mass is 9.75. The van der Waals surface area contributed by atoms with Crippen LogP contribution in [0.3, 0.4) is 0 Å². The molecule has 1 saturated carbocycles. The summed E-state index contributed by atoms with van der Waals surface area (Å²) in [6, 6.07) is 4.01. The van der Waals surface area contributed by atoms with Gasteiger partial charge in [-0.1, -0.05) is 26.2 Å². The fourth-order valence-electron chi connectivity index (χ4n) is 2.47. The van der Waals surface area contributed by atoms with E-state index in [0.717, 1.165) is 25.7 Å². The smallest absolute Gasteiger partial charge is 0.230 e. The van der Waals surface area contributed by atoms with Crippen LogP contribution in [0.1, 0.15) is 39.0 Å². The second kappa shape index (κ2) is 4.96. The molecule has 0 bridgehead atoms. The van der Waals surface area contributed by atoms with Crippen molar-refractivity contribution in [3.05, 3.63) is 24.0 Å². The topological polar surface area (TPSA) is 55.1 Å². The molecular weight excluding hydrogens is 231 g/mol. The third kappa shape index (κ3) is 2.63. The van der Waals surface area contributed by atoms with Crippen LogP contribution in [-0.4, -0.2) is 5.91 Å². The van der Waals surface area contributed by atoms with Gasteiger partial charge in [-0.3, -0.25) is 4.79 Å². The van der Waals surface area contributed by atoms with Gasteiger partial charge in [-0.15, -0.1) is 0 Å². The van der Waals surface area contributed by atoms with Crippen LogP contribution in [-0.2, 0) is 4.79 Å². The summed E-state index contributed by atoms with van der Waals surface area (Å²) in [7, 11) is 0. The average Bonchev–Trinajstić information content (AvgIpc) is 2.35. The summed E-state index contributed by atoms with van der Waals surface area (Å²) in [4.78, 5) is 12.3. The van der Waals surface area contributed by atoms with E-state index in [4.69, 9.17) is 5.73 Å². The minimum absolute atomic E-state index is 0.0560. The summed E-state index contributed by atoms with van der Waals surface area (Å²) in [6.45, 7) is 1.97.